The summed E-state index contributed by atoms with van der Waals surface area (Å²) in [4.78, 5) is 0. The monoisotopic (exact) mass is 333 g/mol. The highest BCUT2D eigenvalue weighted by atomic mass is 79.9. The van der Waals surface area contributed by atoms with E-state index in [2.05, 4.69) is 26.3 Å². The van der Waals surface area contributed by atoms with Crippen LogP contribution in [0.2, 0.25) is 0 Å². The van der Waals surface area contributed by atoms with Gasteiger partial charge in [-0.1, -0.05) is 0 Å². The highest BCUT2D eigenvalue weighted by Crippen LogP contribution is 2.33. The summed E-state index contributed by atoms with van der Waals surface area (Å²) in [7, 11) is 1.80. The SMILES string of the molecule is Cn1nccc1CNc1ccc(C(F)(F)F)cc1Br. The Hall–Kier alpha value is -1.50. The zero-order valence-corrected chi connectivity index (χ0v) is 11.6. The number of nitrogens with zero attached hydrogens (tertiary/aromatic N) is 2. The van der Waals surface area contributed by atoms with Crippen molar-refractivity contribution in [3.05, 3.63) is 46.2 Å². The summed E-state index contributed by atoms with van der Waals surface area (Å²) in [6.07, 6.45) is -2.66. The molecule has 0 fully saturated rings. The van der Waals surface area contributed by atoms with Gasteiger partial charge < -0.3 is 5.32 Å². The summed E-state index contributed by atoms with van der Waals surface area (Å²) in [6.45, 7) is 0.487. The molecule has 3 nitrogen and oxygen atoms in total. The number of anilines is 1. The Labute approximate surface area is 116 Å². The Morgan fingerprint density at radius 3 is 2.58 bits per heavy atom. The fraction of sp³-hybridized carbons (Fsp3) is 0.250. The minimum atomic E-state index is -4.33. The minimum Gasteiger partial charge on any atom is -0.378 e. The molecule has 1 N–H and O–H groups in total. The van der Waals surface area contributed by atoms with Gasteiger partial charge in [0.2, 0.25) is 0 Å². The maximum atomic E-state index is 12.5. The molecule has 0 radical (unpaired) electrons. The number of hydrogen-bond acceptors (Lipinski definition) is 2. The van der Waals surface area contributed by atoms with E-state index in [-0.39, 0.29) is 0 Å². The molecule has 0 aliphatic carbocycles. The summed E-state index contributed by atoms with van der Waals surface area (Å²) in [6, 6.07) is 5.36. The lowest BCUT2D eigenvalue weighted by atomic mass is 10.2. The summed E-state index contributed by atoms with van der Waals surface area (Å²) < 4.78 is 39.6. The van der Waals surface area contributed by atoms with Gasteiger partial charge in [0.05, 0.1) is 17.8 Å². The first kappa shape index (κ1) is 13.9. The Bertz CT molecular complexity index is 578. The van der Waals surface area contributed by atoms with Crippen LogP contribution >= 0.6 is 15.9 Å². The van der Waals surface area contributed by atoms with Gasteiger partial charge in [-0.2, -0.15) is 18.3 Å². The van der Waals surface area contributed by atoms with Gasteiger partial charge in [0.1, 0.15) is 0 Å². The number of nitrogens with one attached hydrogen (secondary N) is 1. The van der Waals surface area contributed by atoms with Crippen LogP contribution in [-0.2, 0) is 19.8 Å². The molecule has 0 spiro atoms. The molecule has 0 bridgehead atoms. The molecule has 0 amide bonds. The highest BCUT2D eigenvalue weighted by Gasteiger charge is 2.30. The molecule has 0 aliphatic heterocycles. The molecule has 0 unspecified atom stereocenters. The van der Waals surface area contributed by atoms with E-state index in [0.717, 1.165) is 17.8 Å². The molecule has 0 saturated carbocycles. The van der Waals surface area contributed by atoms with Crippen molar-refractivity contribution in [2.45, 2.75) is 12.7 Å². The number of rotatable bonds is 3. The van der Waals surface area contributed by atoms with Crippen molar-refractivity contribution in [1.82, 2.24) is 9.78 Å². The molecule has 0 saturated heterocycles. The number of benzene rings is 1. The highest BCUT2D eigenvalue weighted by molar-refractivity contribution is 9.10. The van der Waals surface area contributed by atoms with Crippen molar-refractivity contribution in [2.75, 3.05) is 5.32 Å². The van der Waals surface area contributed by atoms with Gasteiger partial charge in [-0.25, -0.2) is 0 Å². The maximum absolute atomic E-state index is 12.5. The zero-order valence-electron chi connectivity index (χ0n) is 10.0. The van der Waals surface area contributed by atoms with Crippen LogP contribution in [0.3, 0.4) is 0 Å². The molecular weight excluding hydrogens is 323 g/mol. The predicted molar refractivity (Wildman–Crippen MR) is 69.7 cm³/mol. The third-order valence-corrected chi connectivity index (χ3v) is 3.33. The molecular formula is C12H11BrF3N3. The van der Waals surface area contributed by atoms with Gasteiger partial charge >= 0.3 is 6.18 Å². The number of halogens is 4. The third kappa shape index (κ3) is 3.28. The van der Waals surface area contributed by atoms with Gasteiger partial charge in [0.25, 0.3) is 0 Å². The summed E-state index contributed by atoms with van der Waals surface area (Å²) >= 11 is 3.14. The Balaban J connectivity index is 2.12. The van der Waals surface area contributed by atoms with Crippen molar-refractivity contribution >= 4 is 21.6 Å². The largest absolute Gasteiger partial charge is 0.416 e. The fourth-order valence-corrected chi connectivity index (χ4v) is 2.11. The number of alkyl halides is 3. The van der Waals surface area contributed by atoms with E-state index in [1.54, 1.807) is 17.9 Å². The fourth-order valence-electron chi connectivity index (χ4n) is 1.60. The quantitative estimate of drug-likeness (QED) is 0.925. The molecule has 1 heterocycles. The van der Waals surface area contributed by atoms with Crippen molar-refractivity contribution < 1.29 is 13.2 Å². The smallest absolute Gasteiger partial charge is 0.378 e. The molecule has 2 aromatic rings. The molecule has 2 rings (SSSR count). The van der Waals surface area contributed by atoms with Crippen molar-refractivity contribution in [2.24, 2.45) is 7.05 Å². The van der Waals surface area contributed by atoms with Crippen molar-refractivity contribution in [3.8, 4) is 0 Å². The van der Waals surface area contributed by atoms with Crippen LogP contribution in [-0.4, -0.2) is 9.78 Å². The van der Waals surface area contributed by atoms with E-state index < -0.39 is 11.7 Å². The first-order chi connectivity index (χ1) is 8.88. The second kappa shape index (κ2) is 5.24. The van der Waals surface area contributed by atoms with E-state index >= 15 is 0 Å². The topological polar surface area (TPSA) is 29.9 Å². The third-order valence-electron chi connectivity index (χ3n) is 2.68. The van der Waals surface area contributed by atoms with Crippen LogP contribution in [0.4, 0.5) is 18.9 Å². The first-order valence-corrected chi connectivity index (χ1v) is 6.25. The van der Waals surface area contributed by atoms with Gasteiger partial charge in [-0.3, -0.25) is 4.68 Å². The van der Waals surface area contributed by atoms with Gasteiger partial charge in [-0.15, -0.1) is 0 Å². The van der Waals surface area contributed by atoms with Crippen LogP contribution < -0.4 is 5.32 Å². The standard InChI is InChI=1S/C12H11BrF3N3/c1-19-9(4-5-18-19)7-17-11-3-2-8(6-10(11)13)12(14,15)16/h2-6,17H,7H2,1H3. The molecule has 1 aromatic carbocycles. The van der Waals surface area contributed by atoms with Gasteiger partial charge in [0, 0.05) is 23.4 Å². The molecule has 1 aromatic heterocycles. The van der Waals surface area contributed by atoms with Crippen molar-refractivity contribution in [1.29, 1.82) is 0 Å². The number of aryl methyl sites for hydroxylation is 1. The van der Waals surface area contributed by atoms with Crippen LogP contribution in [0, 0.1) is 0 Å². The van der Waals surface area contributed by atoms with E-state index in [1.807, 2.05) is 6.07 Å². The van der Waals surface area contributed by atoms with Crippen LogP contribution in [0.5, 0.6) is 0 Å². The normalized spacial score (nSPS) is 11.6. The Kier molecular flexibility index (Phi) is 3.84. The van der Waals surface area contributed by atoms with Crippen LogP contribution in [0.1, 0.15) is 11.3 Å². The average molecular weight is 334 g/mol. The van der Waals surface area contributed by atoms with E-state index in [4.69, 9.17) is 0 Å². The summed E-state index contributed by atoms with van der Waals surface area (Å²) in [5.74, 6) is 0. The maximum Gasteiger partial charge on any atom is 0.416 e. The Morgan fingerprint density at radius 1 is 1.32 bits per heavy atom. The van der Waals surface area contributed by atoms with Crippen LogP contribution in [0.15, 0.2) is 34.9 Å². The first-order valence-electron chi connectivity index (χ1n) is 5.45. The van der Waals surface area contributed by atoms with E-state index in [9.17, 15) is 13.2 Å². The molecule has 19 heavy (non-hydrogen) atoms. The molecule has 102 valence electrons. The predicted octanol–water partition coefficient (Wildman–Crippen LogP) is 3.81. The summed E-state index contributed by atoms with van der Waals surface area (Å²) in [5, 5.41) is 7.07. The number of hydrogen-bond donors (Lipinski definition) is 1. The van der Waals surface area contributed by atoms with E-state index in [1.165, 1.54) is 6.07 Å². The van der Waals surface area contributed by atoms with Crippen molar-refractivity contribution in [3.63, 3.8) is 0 Å². The summed E-state index contributed by atoms with van der Waals surface area (Å²) in [5.41, 5.74) is 0.867. The molecule has 0 atom stereocenters. The van der Waals surface area contributed by atoms with Gasteiger partial charge in [-0.05, 0) is 40.2 Å². The van der Waals surface area contributed by atoms with E-state index in [0.29, 0.717) is 16.7 Å². The zero-order chi connectivity index (χ0) is 14.0. The molecule has 0 aliphatic rings. The lowest BCUT2D eigenvalue weighted by Gasteiger charge is -2.12. The second-order valence-corrected chi connectivity index (χ2v) is 4.85. The van der Waals surface area contributed by atoms with Gasteiger partial charge in [0.15, 0.2) is 0 Å². The lowest BCUT2D eigenvalue weighted by Crippen LogP contribution is -2.08. The minimum absolute atomic E-state index is 0.379. The number of aromatic nitrogens is 2. The second-order valence-electron chi connectivity index (χ2n) is 3.99. The Morgan fingerprint density at radius 2 is 2.05 bits per heavy atom. The lowest BCUT2D eigenvalue weighted by molar-refractivity contribution is -0.137. The van der Waals surface area contributed by atoms with Crippen LogP contribution in [0.25, 0.3) is 0 Å². The molecule has 7 heteroatoms. The average Bonchev–Trinajstić information content (AvgIpc) is 2.72.